The van der Waals surface area contributed by atoms with E-state index in [2.05, 4.69) is 24.0 Å². The van der Waals surface area contributed by atoms with Gasteiger partial charge in [0.25, 0.3) is 0 Å². The van der Waals surface area contributed by atoms with Crippen molar-refractivity contribution >= 4 is 11.9 Å². The molecule has 0 atom stereocenters. The van der Waals surface area contributed by atoms with Gasteiger partial charge in [-0.25, -0.2) is 0 Å². The lowest BCUT2D eigenvalue weighted by molar-refractivity contribution is 0.560. The van der Waals surface area contributed by atoms with Crippen molar-refractivity contribution in [3.63, 3.8) is 0 Å². The van der Waals surface area contributed by atoms with E-state index < -0.39 is 0 Å². The molecule has 0 spiro atoms. The number of aryl methyl sites for hydroxylation is 1. The third-order valence-corrected chi connectivity index (χ3v) is 2.23. The zero-order chi connectivity index (χ0) is 10.5. The Bertz CT molecular complexity index is 426. The molecule has 2 rings (SSSR count). The fourth-order valence-electron chi connectivity index (χ4n) is 1.32. The first kappa shape index (κ1) is 9.71. The van der Waals surface area contributed by atoms with E-state index in [1.54, 1.807) is 12.5 Å². The number of benzene rings is 1. The fourth-order valence-corrected chi connectivity index (χ4v) is 1.32. The van der Waals surface area contributed by atoms with Crippen molar-refractivity contribution in [3.8, 4) is 0 Å². The minimum absolute atomic E-state index is 0.773. The van der Waals surface area contributed by atoms with Gasteiger partial charge in [-0.2, -0.15) is 0 Å². The Hall–Kier alpha value is -1.83. The molecular weight excluding hydrogens is 186 g/mol. The van der Waals surface area contributed by atoms with Crippen LogP contribution in [0.1, 0.15) is 18.2 Å². The summed E-state index contributed by atoms with van der Waals surface area (Å²) in [4.78, 5) is 4.31. The van der Waals surface area contributed by atoms with Gasteiger partial charge >= 0.3 is 0 Å². The van der Waals surface area contributed by atoms with Crippen molar-refractivity contribution < 1.29 is 4.42 Å². The Balaban J connectivity index is 2.11. The minimum Gasteiger partial charge on any atom is -0.463 e. The first-order chi connectivity index (χ1) is 7.38. The van der Waals surface area contributed by atoms with Crippen LogP contribution in [0.3, 0.4) is 0 Å². The van der Waals surface area contributed by atoms with Gasteiger partial charge < -0.3 is 4.42 Å². The molecule has 0 aliphatic rings. The molecule has 0 saturated heterocycles. The van der Waals surface area contributed by atoms with Crippen LogP contribution in [0.15, 0.2) is 52.1 Å². The topological polar surface area (TPSA) is 25.5 Å². The monoisotopic (exact) mass is 199 g/mol. The standard InChI is InChI=1S/C13H13NO/c1-2-11-5-7-12(8-6-11)14-10-13-4-3-9-15-13/h3-10H,2H2,1H3. The normalized spacial score (nSPS) is 11.0. The van der Waals surface area contributed by atoms with E-state index in [1.807, 2.05) is 24.3 Å². The SMILES string of the molecule is CCc1ccc(N=Cc2ccco2)cc1. The van der Waals surface area contributed by atoms with Gasteiger partial charge in [-0.1, -0.05) is 19.1 Å². The number of nitrogens with zero attached hydrogens (tertiary/aromatic N) is 1. The zero-order valence-corrected chi connectivity index (χ0v) is 8.68. The number of furan rings is 1. The first-order valence-electron chi connectivity index (χ1n) is 5.05. The summed E-state index contributed by atoms with van der Waals surface area (Å²) in [6.45, 7) is 2.14. The van der Waals surface area contributed by atoms with E-state index in [9.17, 15) is 0 Å². The third kappa shape index (κ3) is 2.56. The summed E-state index contributed by atoms with van der Waals surface area (Å²) in [7, 11) is 0. The number of aliphatic imine (C=N–C) groups is 1. The Morgan fingerprint density at radius 1 is 1.20 bits per heavy atom. The molecule has 1 heterocycles. The van der Waals surface area contributed by atoms with Crippen LogP contribution in [0.4, 0.5) is 5.69 Å². The van der Waals surface area contributed by atoms with E-state index in [0.29, 0.717) is 0 Å². The maximum Gasteiger partial charge on any atom is 0.144 e. The van der Waals surface area contributed by atoms with Gasteiger partial charge in [0.1, 0.15) is 5.76 Å². The summed E-state index contributed by atoms with van der Waals surface area (Å²) >= 11 is 0. The molecule has 0 radical (unpaired) electrons. The Kier molecular flexibility index (Phi) is 2.98. The highest BCUT2D eigenvalue weighted by Crippen LogP contribution is 2.13. The van der Waals surface area contributed by atoms with Crippen LogP contribution in [0.2, 0.25) is 0 Å². The number of hydrogen-bond acceptors (Lipinski definition) is 2. The van der Waals surface area contributed by atoms with Gasteiger partial charge in [-0.05, 0) is 36.2 Å². The Morgan fingerprint density at radius 3 is 2.60 bits per heavy atom. The lowest BCUT2D eigenvalue weighted by Gasteiger charge is -1.96. The van der Waals surface area contributed by atoms with Gasteiger partial charge in [0.2, 0.25) is 0 Å². The van der Waals surface area contributed by atoms with Crippen LogP contribution in [0.25, 0.3) is 0 Å². The van der Waals surface area contributed by atoms with E-state index in [1.165, 1.54) is 5.56 Å². The summed E-state index contributed by atoms with van der Waals surface area (Å²) in [6.07, 6.45) is 4.42. The van der Waals surface area contributed by atoms with E-state index in [0.717, 1.165) is 17.9 Å². The average Bonchev–Trinajstić information content (AvgIpc) is 2.80. The van der Waals surface area contributed by atoms with Crippen LogP contribution < -0.4 is 0 Å². The largest absolute Gasteiger partial charge is 0.463 e. The molecule has 0 aliphatic carbocycles. The maximum absolute atomic E-state index is 5.15. The van der Waals surface area contributed by atoms with E-state index in [4.69, 9.17) is 4.42 Å². The smallest absolute Gasteiger partial charge is 0.144 e. The molecule has 0 saturated carbocycles. The maximum atomic E-state index is 5.15. The summed E-state index contributed by atoms with van der Waals surface area (Å²) in [6, 6.07) is 11.9. The highest BCUT2D eigenvalue weighted by molar-refractivity contribution is 5.78. The summed E-state index contributed by atoms with van der Waals surface area (Å²) in [5.41, 5.74) is 2.27. The second-order valence-electron chi connectivity index (χ2n) is 3.29. The number of hydrogen-bond donors (Lipinski definition) is 0. The van der Waals surface area contributed by atoms with Crippen molar-refractivity contribution in [3.05, 3.63) is 54.0 Å². The summed E-state index contributed by atoms with van der Waals surface area (Å²) < 4.78 is 5.15. The van der Waals surface area contributed by atoms with Crippen molar-refractivity contribution in [1.29, 1.82) is 0 Å². The van der Waals surface area contributed by atoms with Crippen molar-refractivity contribution in [1.82, 2.24) is 0 Å². The predicted octanol–water partition coefficient (Wildman–Crippen LogP) is 3.59. The van der Waals surface area contributed by atoms with Crippen LogP contribution >= 0.6 is 0 Å². The fraction of sp³-hybridized carbons (Fsp3) is 0.154. The van der Waals surface area contributed by atoms with Gasteiger partial charge in [0.05, 0.1) is 18.2 Å². The van der Waals surface area contributed by atoms with E-state index >= 15 is 0 Å². The van der Waals surface area contributed by atoms with Crippen LogP contribution in [0.5, 0.6) is 0 Å². The molecule has 0 fully saturated rings. The molecule has 15 heavy (non-hydrogen) atoms. The van der Waals surface area contributed by atoms with Crippen LogP contribution in [-0.2, 0) is 6.42 Å². The molecule has 0 N–H and O–H groups in total. The molecule has 0 amide bonds. The van der Waals surface area contributed by atoms with Crippen molar-refractivity contribution in [2.75, 3.05) is 0 Å². The molecule has 1 aromatic heterocycles. The molecule has 2 aromatic rings. The molecule has 2 heteroatoms. The highest BCUT2D eigenvalue weighted by atomic mass is 16.3. The van der Waals surface area contributed by atoms with Gasteiger partial charge in [-0.3, -0.25) is 4.99 Å². The summed E-state index contributed by atoms with van der Waals surface area (Å²) in [5, 5.41) is 0. The molecule has 76 valence electrons. The second-order valence-corrected chi connectivity index (χ2v) is 3.29. The van der Waals surface area contributed by atoms with Crippen molar-refractivity contribution in [2.24, 2.45) is 4.99 Å². The molecule has 2 nitrogen and oxygen atoms in total. The molecule has 0 unspecified atom stereocenters. The summed E-state index contributed by atoms with van der Waals surface area (Å²) in [5.74, 6) is 0.773. The Morgan fingerprint density at radius 2 is 2.00 bits per heavy atom. The van der Waals surface area contributed by atoms with E-state index in [-0.39, 0.29) is 0 Å². The van der Waals surface area contributed by atoms with Crippen molar-refractivity contribution in [2.45, 2.75) is 13.3 Å². The highest BCUT2D eigenvalue weighted by Gasteiger charge is 1.91. The quantitative estimate of drug-likeness (QED) is 0.693. The molecule has 0 aliphatic heterocycles. The average molecular weight is 199 g/mol. The molecular formula is C13H13NO. The van der Waals surface area contributed by atoms with Gasteiger partial charge in [0.15, 0.2) is 0 Å². The first-order valence-corrected chi connectivity index (χ1v) is 5.05. The van der Waals surface area contributed by atoms with Crippen LogP contribution in [-0.4, -0.2) is 6.21 Å². The lowest BCUT2D eigenvalue weighted by Crippen LogP contribution is -1.77. The zero-order valence-electron chi connectivity index (χ0n) is 8.68. The Labute approximate surface area is 89.3 Å². The second kappa shape index (κ2) is 4.60. The predicted molar refractivity (Wildman–Crippen MR) is 61.8 cm³/mol. The number of rotatable bonds is 3. The third-order valence-electron chi connectivity index (χ3n) is 2.23. The minimum atomic E-state index is 0.773. The lowest BCUT2D eigenvalue weighted by atomic mass is 10.1. The van der Waals surface area contributed by atoms with Crippen LogP contribution in [0, 0.1) is 0 Å². The van der Waals surface area contributed by atoms with Gasteiger partial charge in [-0.15, -0.1) is 0 Å². The molecule has 0 bridgehead atoms. The van der Waals surface area contributed by atoms with Gasteiger partial charge in [0, 0.05) is 0 Å². The molecule has 1 aromatic carbocycles.